The second kappa shape index (κ2) is 5.55. The van der Waals surface area contributed by atoms with Gasteiger partial charge in [-0.1, -0.05) is 18.2 Å². The number of hydrogen-bond acceptors (Lipinski definition) is 2. The van der Waals surface area contributed by atoms with Crippen molar-refractivity contribution in [1.29, 1.82) is 0 Å². The fraction of sp³-hybridized carbons (Fsp3) is 0.538. The van der Waals surface area contributed by atoms with E-state index < -0.39 is 0 Å². The van der Waals surface area contributed by atoms with Crippen LogP contribution in [0.15, 0.2) is 24.3 Å². The fourth-order valence-electron chi connectivity index (χ4n) is 2.37. The first-order chi connectivity index (χ1) is 7.86. The molecule has 0 bridgehead atoms. The first-order valence-electron chi connectivity index (χ1n) is 5.79. The molecular formula is C13H18ClNO. The Morgan fingerprint density at radius 3 is 2.62 bits per heavy atom. The highest BCUT2D eigenvalue weighted by Crippen LogP contribution is 2.32. The minimum atomic E-state index is 0.292. The van der Waals surface area contributed by atoms with E-state index in [0.29, 0.717) is 11.9 Å². The Kier molecular flexibility index (Phi) is 4.08. The van der Waals surface area contributed by atoms with Crippen molar-refractivity contribution in [3.8, 4) is 5.75 Å². The molecule has 0 N–H and O–H groups in total. The Balaban J connectivity index is 2.24. The van der Waals surface area contributed by atoms with E-state index in [-0.39, 0.29) is 0 Å². The summed E-state index contributed by atoms with van der Waals surface area (Å²) in [5.74, 6) is 1.57. The molecule has 1 aromatic rings. The van der Waals surface area contributed by atoms with Gasteiger partial charge in [0.25, 0.3) is 0 Å². The highest BCUT2D eigenvalue weighted by Gasteiger charge is 2.24. The van der Waals surface area contributed by atoms with Crippen LogP contribution < -0.4 is 4.74 Å². The standard InChI is InChI=1S/C13H18ClNO/c1-16-13-7-3-2-6-11(13)12(10-14)15-8-4-5-9-15/h2-3,6-7,12H,4-5,8-10H2,1H3. The molecule has 3 heteroatoms. The molecule has 1 fully saturated rings. The number of halogens is 1. The molecule has 0 spiro atoms. The number of benzene rings is 1. The quantitative estimate of drug-likeness (QED) is 0.749. The molecule has 1 aromatic carbocycles. The van der Waals surface area contributed by atoms with E-state index in [9.17, 15) is 0 Å². The summed E-state index contributed by atoms with van der Waals surface area (Å²) < 4.78 is 5.40. The molecule has 1 atom stereocenters. The van der Waals surface area contributed by atoms with Gasteiger partial charge in [-0.3, -0.25) is 4.90 Å². The molecule has 16 heavy (non-hydrogen) atoms. The van der Waals surface area contributed by atoms with Crippen molar-refractivity contribution in [2.75, 3.05) is 26.1 Å². The third-order valence-electron chi connectivity index (χ3n) is 3.23. The lowest BCUT2D eigenvalue weighted by atomic mass is 10.1. The number of alkyl halides is 1. The minimum absolute atomic E-state index is 0.292. The molecule has 2 nitrogen and oxygen atoms in total. The molecule has 88 valence electrons. The summed E-state index contributed by atoms with van der Waals surface area (Å²) in [4.78, 5) is 2.45. The third-order valence-corrected chi connectivity index (χ3v) is 3.52. The van der Waals surface area contributed by atoms with Gasteiger partial charge in [-0.25, -0.2) is 0 Å². The Morgan fingerprint density at radius 1 is 1.31 bits per heavy atom. The van der Waals surface area contributed by atoms with E-state index in [1.807, 2.05) is 18.2 Å². The lowest BCUT2D eigenvalue weighted by Crippen LogP contribution is -2.27. The van der Waals surface area contributed by atoms with Gasteiger partial charge in [0, 0.05) is 11.4 Å². The van der Waals surface area contributed by atoms with E-state index in [2.05, 4.69) is 11.0 Å². The molecule has 1 aliphatic rings. The van der Waals surface area contributed by atoms with Crippen LogP contribution in [-0.2, 0) is 0 Å². The second-order valence-corrected chi connectivity index (χ2v) is 4.46. The van der Waals surface area contributed by atoms with Crippen molar-refractivity contribution >= 4 is 11.6 Å². The van der Waals surface area contributed by atoms with Crippen molar-refractivity contribution in [3.05, 3.63) is 29.8 Å². The van der Waals surface area contributed by atoms with Crippen LogP contribution in [0.2, 0.25) is 0 Å². The van der Waals surface area contributed by atoms with Crippen LogP contribution in [0.25, 0.3) is 0 Å². The van der Waals surface area contributed by atoms with Crippen molar-refractivity contribution in [2.45, 2.75) is 18.9 Å². The zero-order valence-electron chi connectivity index (χ0n) is 9.66. The molecule has 0 radical (unpaired) electrons. The average Bonchev–Trinajstić information content (AvgIpc) is 2.84. The SMILES string of the molecule is COc1ccccc1C(CCl)N1CCCC1. The number of hydrogen-bond donors (Lipinski definition) is 0. The van der Waals surface area contributed by atoms with Gasteiger partial charge in [0.05, 0.1) is 13.2 Å². The topological polar surface area (TPSA) is 12.5 Å². The lowest BCUT2D eigenvalue weighted by molar-refractivity contribution is 0.259. The van der Waals surface area contributed by atoms with E-state index >= 15 is 0 Å². The molecular weight excluding hydrogens is 222 g/mol. The van der Waals surface area contributed by atoms with Gasteiger partial charge in [-0.15, -0.1) is 11.6 Å². The molecule has 2 rings (SSSR count). The van der Waals surface area contributed by atoms with Gasteiger partial charge in [0.1, 0.15) is 5.75 Å². The van der Waals surface area contributed by atoms with Gasteiger partial charge in [-0.05, 0) is 32.0 Å². The van der Waals surface area contributed by atoms with Crippen LogP contribution in [0, 0.1) is 0 Å². The van der Waals surface area contributed by atoms with Crippen molar-refractivity contribution < 1.29 is 4.74 Å². The van der Waals surface area contributed by atoms with Crippen LogP contribution in [0.1, 0.15) is 24.4 Å². The predicted octanol–water partition coefficient (Wildman–Crippen LogP) is 3.07. The van der Waals surface area contributed by atoms with Crippen molar-refractivity contribution in [2.24, 2.45) is 0 Å². The molecule has 1 unspecified atom stereocenters. The number of nitrogens with zero attached hydrogens (tertiary/aromatic N) is 1. The summed E-state index contributed by atoms with van der Waals surface area (Å²) >= 11 is 6.11. The highest BCUT2D eigenvalue weighted by molar-refractivity contribution is 6.18. The summed E-state index contributed by atoms with van der Waals surface area (Å²) in [6.45, 7) is 2.30. The van der Waals surface area contributed by atoms with E-state index in [1.165, 1.54) is 18.4 Å². The van der Waals surface area contributed by atoms with Gasteiger partial charge in [0.15, 0.2) is 0 Å². The summed E-state index contributed by atoms with van der Waals surface area (Å²) in [6.07, 6.45) is 2.56. The maximum atomic E-state index is 6.11. The summed E-state index contributed by atoms with van der Waals surface area (Å²) in [5, 5.41) is 0. The predicted molar refractivity (Wildman–Crippen MR) is 67.3 cm³/mol. The summed E-state index contributed by atoms with van der Waals surface area (Å²) in [5.41, 5.74) is 1.21. The Labute approximate surface area is 102 Å². The highest BCUT2D eigenvalue weighted by atomic mass is 35.5. The number of rotatable bonds is 4. The van der Waals surface area contributed by atoms with Crippen molar-refractivity contribution in [1.82, 2.24) is 4.90 Å². The van der Waals surface area contributed by atoms with Crippen LogP contribution in [0.5, 0.6) is 5.75 Å². The van der Waals surface area contributed by atoms with Crippen LogP contribution in [0.3, 0.4) is 0 Å². The fourth-order valence-corrected chi connectivity index (χ4v) is 2.73. The van der Waals surface area contributed by atoms with Crippen LogP contribution >= 0.6 is 11.6 Å². The molecule has 1 heterocycles. The van der Waals surface area contributed by atoms with Gasteiger partial charge >= 0.3 is 0 Å². The zero-order chi connectivity index (χ0) is 11.4. The monoisotopic (exact) mass is 239 g/mol. The second-order valence-electron chi connectivity index (χ2n) is 4.16. The van der Waals surface area contributed by atoms with Gasteiger partial charge < -0.3 is 4.74 Å². The smallest absolute Gasteiger partial charge is 0.123 e. The Bertz CT molecular complexity index is 336. The zero-order valence-corrected chi connectivity index (χ0v) is 10.4. The maximum Gasteiger partial charge on any atom is 0.123 e. The van der Waals surface area contributed by atoms with Crippen LogP contribution in [-0.4, -0.2) is 31.0 Å². The van der Waals surface area contributed by atoms with Gasteiger partial charge in [-0.2, -0.15) is 0 Å². The Hall–Kier alpha value is -0.730. The molecule has 1 aliphatic heterocycles. The number of methoxy groups -OCH3 is 1. The lowest BCUT2D eigenvalue weighted by Gasteiger charge is -2.27. The summed E-state index contributed by atoms with van der Waals surface area (Å²) in [6, 6.07) is 8.46. The first-order valence-corrected chi connectivity index (χ1v) is 6.33. The number of para-hydroxylation sites is 1. The largest absolute Gasteiger partial charge is 0.496 e. The first kappa shape index (κ1) is 11.7. The third kappa shape index (κ3) is 2.33. The average molecular weight is 240 g/mol. The Morgan fingerprint density at radius 2 is 2.00 bits per heavy atom. The maximum absolute atomic E-state index is 6.11. The minimum Gasteiger partial charge on any atom is -0.496 e. The molecule has 0 saturated carbocycles. The molecule has 0 aromatic heterocycles. The number of ether oxygens (including phenoxy) is 1. The van der Waals surface area contributed by atoms with Crippen molar-refractivity contribution in [3.63, 3.8) is 0 Å². The number of likely N-dealkylation sites (tertiary alicyclic amines) is 1. The molecule has 0 aliphatic carbocycles. The van der Waals surface area contributed by atoms with E-state index in [4.69, 9.17) is 16.3 Å². The summed E-state index contributed by atoms with van der Waals surface area (Å²) in [7, 11) is 1.72. The van der Waals surface area contributed by atoms with E-state index in [1.54, 1.807) is 7.11 Å². The molecule has 0 amide bonds. The van der Waals surface area contributed by atoms with E-state index in [0.717, 1.165) is 18.8 Å². The van der Waals surface area contributed by atoms with Crippen LogP contribution in [0.4, 0.5) is 0 Å². The van der Waals surface area contributed by atoms with Gasteiger partial charge in [0.2, 0.25) is 0 Å². The molecule has 1 saturated heterocycles. The normalized spacial score (nSPS) is 18.6.